The number of aryl methyl sites for hydroxylation is 2. The van der Waals surface area contributed by atoms with E-state index in [1.807, 2.05) is 37.4 Å². The molecule has 0 unspecified atom stereocenters. The van der Waals surface area contributed by atoms with Gasteiger partial charge in [-0.25, -0.2) is 9.67 Å². The molecule has 1 aromatic carbocycles. The van der Waals surface area contributed by atoms with Gasteiger partial charge in [-0.05, 0) is 19.1 Å². The number of aromatic amines is 1. The first kappa shape index (κ1) is 16.3. The number of H-pyrrole nitrogens is 1. The first-order valence-electron chi connectivity index (χ1n) is 7.95. The van der Waals surface area contributed by atoms with Crippen molar-refractivity contribution in [2.45, 2.75) is 6.92 Å². The van der Waals surface area contributed by atoms with E-state index in [1.54, 1.807) is 23.7 Å². The summed E-state index contributed by atoms with van der Waals surface area (Å²) in [6, 6.07) is 13.0. The van der Waals surface area contributed by atoms with Crippen molar-refractivity contribution in [2.75, 3.05) is 5.32 Å². The van der Waals surface area contributed by atoms with E-state index >= 15 is 0 Å². The third-order valence-electron chi connectivity index (χ3n) is 4.12. The van der Waals surface area contributed by atoms with Crippen LogP contribution in [0.1, 0.15) is 16.1 Å². The molecule has 3 heterocycles. The largest absolute Gasteiger partial charge is 0.306 e. The van der Waals surface area contributed by atoms with Crippen LogP contribution in [-0.2, 0) is 7.05 Å². The molecule has 0 saturated heterocycles. The lowest BCUT2D eigenvalue weighted by Gasteiger charge is -2.06. The van der Waals surface area contributed by atoms with Crippen molar-refractivity contribution in [1.29, 1.82) is 0 Å². The fraction of sp³-hybridized carbons (Fsp3) is 0.111. The normalized spacial score (nSPS) is 11.0. The predicted molar refractivity (Wildman–Crippen MR) is 100 cm³/mol. The molecule has 0 aliphatic carbocycles. The summed E-state index contributed by atoms with van der Waals surface area (Å²) in [5.41, 5.74) is 3.35. The standard InChI is InChI=1S/C18H15ClN6O/c1-10-12(8-9-13(19)20-10)18(26)21-16-14-15(11-6-4-3-5-7-11)24-25(2)17(14)23-22-16/h3-9H,1-2H3,(H2,21,22,23,26). The highest BCUT2D eigenvalue weighted by Gasteiger charge is 2.20. The summed E-state index contributed by atoms with van der Waals surface area (Å²) in [7, 11) is 1.81. The highest BCUT2D eigenvalue weighted by atomic mass is 35.5. The smallest absolute Gasteiger partial charge is 0.258 e. The van der Waals surface area contributed by atoms with Gasteiger partial charge in [0.1, 0.15) is 16.7 Å². The first-order valence-corrected chi connectivity index (χ1v) is 8.33. The molecule has 0 bridgehead atoms. The third kappa shape index (κ3) is 2.72. The number of anilines is 1. The number of nitrogens with one attached hydrogen (secondary N) is 2. The van der Waals surface area contributed by atoms with Crippen LogP contribution in [-0.4, -0.2) is 30.9 Å². The Balaban J connectivity index is 1.77. The zero-order valence-electron chi connectivity index (χ0n) is 14.1. The second-order valence-corrected chi connectivity index (χ2v) is 6.24. The van der Waals surface area contributed by atoms with Crippen molar-refractivity contribution >= 4 is 34.4 Å². The van der Waals surface area contributed by atoms with Crippen LogP contribution in [0.3, 0.4) is 0 Å². The molecule has 4 rings (SSSR count). The Kier molecular flexibility index (Phi) is 3.93. The molecule has 0 spiro atoms. The monoisotopic (exact) mass is 366 g/mol. The summed E-state index contributed by atoms with van der Waals surface area (Å²) in [4.78, 5) is 16.8. The molecule has 0 aliphatic rings. The van der Waals surface area contributed by atoms with Crippen molar-refractivity contribution in [3.05, 3.63) is 58.9 Å². The van der Waals surface area contributed by atoms with Gasteiger partial charge in [0.15, 0.2) is 5.65 Å². The van der Waals surface area contributed by atoms with Crippen LogP contribution in [0.2, 0.25) is 5.15 Å². The van der Waals surface area contributed by atoms with E-state index in [0.29, 0.717) is 27.9 Å². The lowest BCUT2D eigenvalue weighted by atomic mass is 10.1. The molecular weight excluding hydrogens is 352 g/mol. The van der Waals surface area contributed by atoms with Crippen LogP contribution in [0, 0.1) is 6.92 Å². The Morgan fingerprint density at radius 1 is 1.19 bits per heavy atom. The molecule has 0 atom stereocenters. The Hall–Kier alpha value is -3.19. The Labute approximate surface area is 154 Å². The average molecular weight is 367 g/mol. The zero-order valence-corrected chi connectivity index (χ0v) is 14.9. The molecule has 0 fully saturated rings. The van der Waals surface area contributed by atoms with E-state index in [4.69, 9.17) is 11.6 Å². The van der Waals surface area contributed by atoms with Gasteiger partial charge in [0.2, 0.25) is 0 Å². The Morgan fingerprint density at radius 3 is 2.69 bits per heavy atom. The number of carbonyl (C=O) groups excluding carboxylic acids is 1. The fourth-order valence-corrected chi connectivity index (χ4v) is 3.07. The molecule has 2 N–H and O–H groups in total. The van der Waals surface area contributed by atoms with Crippen molar-refractivity contribution < 1.29 is 4.79 Å². The highest BCUT2D eigenvalue weighted by molar-refractivity contribution is 6.29. The summed E-state index contributed by atoms with van der Waals surface area (Å²) >= 11 is 5.86. The van der Waals surface area contributed by atoms with Crippen molar-refractivity contribution in [1.82, 2.24) is 25.0 Å². The number of nitrogens with zero attached hydrogens (tertiary/aromatic N) is 4. The van der Waals surface area contributed by atoms with E-state index in [-0.39, 0.29) is 5.91 Å². The topological polar surface area (TPSA) is 88.5 Å². The minimum atomic E-state index is -0.292. The lowest BCUT2D eigenvalue weighted by Crippen LogP contribution is -2.14. The number of halogens is 1. The maximum Gasteiger partial charge on any atom is 0.258 e. The van der Waals surface area contributed by atoms with Crippen LogP contribution in [0.4, 0.5) is 5.82 Å². The number of carbonyl (C=O) groups is 1. The van der Waals surface area contributed by atoms with Crippen LogP contribution in [0.25, 0.3) is 22.3 Å². The molecule has 26 heavy (non-hydrogen) atoms. The molecule has 0 aliphatic heterocycles. The SMILES string of the molecule is Cc1nc(Cl)ccc1C(=O)Nc1[nH]nc2c1c(-c1ccccc1)nn2C. The third-order valence-corrected chi connectivity index (χ3v) is 4.33. The van der Waals surface area contributed by atoms with Gasteiger partial charge >= 0.3 is 0 Å². The van der Waals surface area contributed by atoms with Gasteiger partial charge in [-0.2, -0.15) is 10.2 Å². The van der Waals surface area contributed by atoms with E-state index in [9.17, 15) is 4.79 Å². The highest BCUT2D eigenvalue weighted by Crippen LogP contribution is 2.31. The minimum Gasteiger partial charge on any atom is -0.306 e. The van der Waals surface area contributed by atoms with Crippen LogP contribution >= 0.6 is 11.6 Å². The number of hydrogen-bond donors (Lipinski definition) is 2. The summed E-state index contributed by atoms with van der Waals surface area (Å²) in [5.74, 6) is 0.200. The van der Waals surface area contributed by atoms with Crippen LogP contribution < -0.4 is 5.32 Å². The number of amides is 1. The molecular formula is C18H15ClN6O. The average Bonchev–Trinajstić information content (AvgIpc) is 3.17. The van der Waals surface area contributed by atoms with E-state index in [2.05, 4.69) is 25.6 Å². The number of rotatable bonds is 3. The number of aromatic nitrogens is 5. The minimum absolute atomic E-state index is 0.292. The van der Waals surface area contributed by atoms with Gasteiger partial charge in [0.25, 0.3) is 5.91 Å². The maximum absolute atomic E-state index is 12.7. The van der Waals surface area contributed by atoms with Crippen LogP contribution in [0.15, 0.2) is 42.5 Å². The number of benzene rings is 1. The number of pyridine rings is 1. The molecule has 4 aromatic rings. The summed E-state index contributed by atoms with van der Waals surface area (Å²) in [5, 5.41) is 15.7. The van der Waals surface area contributed by atoms with Crippen molar-refractivity contribution in [2.24, 2.45) is 7.05 Å². The van der Waals surface area contributed by atoms with E-state index < -0.39 is 0 Å². The quantitative estimate of drug-likeness (QED) is 0.542. The Bertz CT molecular complexity index is 1120. The molecule has 7 nitrogen and oxygen atoms in total. The maximum atomic E-state index is 12.7. The second kappa shape index (κ2) is 6.27. The van der Waals surface area contributed by atoms with Crippen LogP contribution in [0.5, 0.6) is 0 Å². The Morgan fingerprint density at radius 2 is 1.96 bits per heavy atom. The molecule has 8 heteroatoms. The lowest BCUT2D eigenvalue weighted by molar-refractivity contribution is 0.102. The number of hydrogen-bond acceptors (Lipinski definition) is 4. The second-order valence-electron chi connectivity index (χ2n) is 5.86. The van der Waals surface area contributed by atoms with Gasteiger partial charge in [-0.3, -0.25) is 9.89 Å². The molecule has 3 aromatic heterocycles. The van der Waals surface area contributed by atoms with Crippen molar-refractivity contribution in [3.8, 4) is 11.3 Å². The molecule has 130 valence electrons. The summed E-state index contributed by atoms with van der Waals surface area (Å²) in [6.07, 6.45) is 0. The van der Waals surface area contributed by atoms with Gasteiger partial charge in [-0.15, -0.1) is 0 Å². The van der Waals surface area contributed by atoms with Gasteiger partial charge < -0.3 is 5.32 Å². The van der Waals surface area contributed by atoms with Crippen molar-refractivity contribution in [3.63, 3.8) is 0 Å². The number of fused-ring (bicyclic) bond motifs is 1. The first-order chi connectivity index (χ1) is 12.5. The van der Waals surface area contributed by atoms with Gasteiger partial charge in [-0.1, -0.05) is 41.9 Å². The molecule has 0 saturated carbocycles. The van der Waals surface area contributed by atoms with E-state index in [1.165, 1.54) is 0 Å². The van der Waals surface area contributed by atoms with Gasteiger partial charge in [0.05, 0.1) is 16.6 Å². The molecule has 0 radical (unpaired) electrons. The summed E-state index contributed by atoms with van der Waals surface area (Å²) in [6.45, 7) is 1.74. The van der Waals surface area contributed by atoms with E-state index in [0.717, 1.165) is 16.6 Å². The summed E-state index contributed by atoms with van der Waals surface area (Å²) < 4.78 is 1.68. The van der Waals surface area contributed by atoms with Gasteiger partial charge in [0, 0.05) is 12.6 Å². The molecule has 1 amide bonds. The zero-order chi connectivity index (χ0) is 18.3. The predicted octanol–water partition coefficient (Wildman–Crippen LogP) is 3.57. The fourth-order valence-electron chi connectivity index (χ4n) is 2.88.